The first-order valence-electron chi connectivity index (χ1n) is 4.85. The minimum absolute atomic E-state index is 0.287. The van der Waals surface area contributed by atoms with Crippen LogP contribution in [0.1, 0.15) is 19.4 Å². The van der Waals surface area contributed by atoms with Gasteiger partial charge in [-0.05, 0) is 25.0 Å². The van der Waals surface area contributed by atoms with Gasteiger partial charge in [0.2, 0.25) is 0 Å². The predicted molar refractivity (Wildman–Crippen MR) is 58.9 cm³/mol. The highest BCUT2D eigenvalue weighted by Crippen LogP contribution is 2.31. The van der Waals surface area contributed by atoms with Crippen LogP contribution in [0.4, 0.5) is 0 Å². The van der Waals surface area contributed by atoms with Gasteiger partial charge in [0.15, 0.2) is 0 Å². The molecule has 0 aliphatic carbocycles. The van der Waals surface area contributed by atoms with E-state index in [1.54, 1.807) is 0 Å². The molecule has 2 nitrogen and oxygen atoms in total. The Morgan fingerprint density at radius 2 is 1.80 bits per heavy atom. The first-order valence-corrected chi connectivity index (χ1v) is 4.85. The molecule has 0 saturated carbocycles. The van der Waals surface area contributed by atoms with Crippen molar-refractivity contribution in [2.45, 2.75) is 13.8 Å². The molecule has 1 aromatic rings. The summed E-state index contributed by atoms with van der Waals surface area (Å²) in [5, 5.41) is 0. The number of cyclic esters (lactones) is 1. The van der Waals surface area contributed by atoms with E-state index in [-0.39, 0.29) is 5.97 Å². The molecule has 0 amide bonds. The fourth-order valence-electron chi connectivity index (χ4n) is 1.57. The maximum absolute atomic E-state index is 11.2. The number of carbonyl (C=O) groups excluding carboxylic acids is 1. The molecule has 1 aliphatic heterocycles. The average Bonchev–Trinajstić information content (AvgIpc) is 2.62. The summed E-state index contributed by atoms with van der Waals surface area (Å²) >= 11 is 0. The fourth-order valence-corrected chi connectivity index (χ4v) is 1.57. The Balaban J connectivity index is 2.49. The summed E-state index contributed by atoms with van der Waals surface area (Å²) in [5.74, 6) is 0.399. The van der Waals surface area contributed by atoms with Crippen LogP contribution in [0.5, 0.6) is 0 Å². The Kier molecular flexibility index (Phi) is 2.42. The quantitative estimate of drug-likeness (QED) is 0.651. The van der Waals surface area contributed by atoms with E-state index in [2.05, 4.69) is 0 Å². The number of benzene rings is 1. The van der Waals surface area contributed by atoms with Crippen LogP contribution in [-0.4, -0.2) is 5.97 Å². The van der Waals surface area contributed by atoms with Crippen molar-refractivity contribution in [1.82, 2.24) is 0 Å². The number of hydrogen-bond acceptors (Lipinski definition) is 2. The average molecular weight is 200 g/mol. The fraction of sp³-hybridized carbons (Fsp3) is 0.154. The van der Waals surface area contributed by atoms with E-state index in [0.717, 1.165) is 16.7 Å². The van der Waals surface area contributed by atoms with Gasteiger partial charge in [-0.25, -0.2) is 4.79 Å². The minimum Gasteiger partial charge on any atom is -0.423 e. The lowest BCUT2D eigenvalue weighted by atomic mass is 10.0. The number of carbonyl (C=O) groups is 1. The molecule has 1 aliphatic rings. The lowest BCUT2D eigenvalue weighted by molar-refractivity contribution is -0.132. The predicted octanol–water partition coefficient (Wildman–Crippen LogP) is 2.92. The van der Waals surface area contributed by atoms with Crippen LogP contribution in [0.3, 0.4) is 0 Å². The van der Waals surface area contributed by atoms with Crippen LogP contribution < -0.4 is 0 Å². The highest BCUT2D eigenvalue weighted by Gasteiger charge is 2.21. The van der Waals surface area contributed by atoms with Gasteiger partial charge >= 0.3 is 5.97 Å². The van der Waals surface area contributed by atoms with Gasteiger partial charge < -0.3 is 4.74 Å². The van der Waals surface area contributed by atoms with Gasteiger partial charge in [0.25, 0.3) is 0 Å². The Morgan fingerprint density at radius 3 is 2.40 bits per heavy atom. The van der Waals surface area contributed by atoms with Crippen molar-refractivity contribution < 1.29 is 9.53 Å². The Labute approximate surface area is 88.9 Å². The SMILES string of the molecule is CC(C)=C1OC(=O)C=C1c1ccccc1. The third-order valence-corrected chi connectivity index (χ3v) is 2.25. The van der Waals surface area contributed by atoms with Gasteiger partial charge in [-0.3, -0.25) is 0 Å². The van der Waals surface area contributed by atoms with E-state index >= 15 is 0 Å². The summed E-state index contributed by atoms with van der Waals surface area (Å²) in [6.07, 6.45) is 1.54. The largest absolute Gasteiger partial charge is 0.423 e. The van der Waals surface area contributed by atoms with Crippen LogP contribution in [-0.2, 0) is 9.53 Å². The van der Waals surface area contributed by atoms with Gasteiger partial charge in [0.05, 0.1) is 0 Å². The number of hydrogen-bond donors (Lipinski definition) is 0. The van der Waals surface area contributed by atoms with E-state index in [9.17, 15) is 4.79 Å². The van der Waals surface area contributed by atoms with E-state index < -0.39 is 0 Å². The summed E-state index contributed by atoms with van der Waals surface area (Å²) < 4.78 is 5.14. The van der Waals surface area contributed by atoms with Crippen LogP contribution >= 0.6 is 0 Å². The van der Waals surface area contributed by atoms with Gasteiger partial charge in [-0.1, -0.05) is 30.3 Å². The molecule has 0 N–H and O–H groups in total. The first-order chi connectivity index (χ1) is 7.18. The topological polar surface area (TPSA) is 26.3 Å². The van der Waals surface area contributed by atoms with Crippen LogP contribution in [0, 0.1) is 0 Å². The van der Waals surface area contributed by atoms with Crippen LogP contribution in [0.2, 0.25) is 0 Å². The zero-order valence-electron chi connectivity index (χ0n) is 8.78. The van der Waals surface area contributed by atoms with Crippen molar-refractivity contribution in [3.8, 4) is 0 Å². The van der Waals surface area contributed by atoms with Crippen LogP contribution in [0.25, 0.3) is 5.57 Å². The monoisotopic (exact) mass is 200 g/mol. The molecule has 2 heteroatoms. The van der Waals surface area contributed by atoms with Gasteiger partial charge in [0, 0.05) is 11.6 Å². The van der Waals surface area contributed by atoms with E-state index in [0.29, 0.717) is 5.76 Å². The third-order valence-electron chi connectivity index (χ3n) is 2.25. The van der Waals surface area contributed by atoms with Gasteiger partial charge in [-0.15, -0.1) is 0 Å². The molecule has 0 bridgehead atoms. The first kappa shape index (κ1) is 9.71. The smallest absolute Gasteiger partial charge is 0.336 e. The highest BCUT2D eigenvalue weighted by molar-refractivity contribution is 6.01. The second-order valence-electron chi connectivity index (χ2n) is 3.67. The second-order valence-corrected chi connectivity index (χ2v) is 3.67. The normalized spacial score (nSPS) is 14.9. The zero-order chi connectivity index (χ0) is 10.8. The molecule has 0 aromatic heterocycles. The molecule has 0 spiro atoms. The van der Waals surface area contributed by atoms with Crippen molar-refractivity contribution in [3.05, 3.63) is 53.3 Å². The molecule has 15 heavy (non-hydrogen) atoms. The highest BCUT2D eigenvalue weighted by atomic mass is 16.5. The van der Waals surface area contributed by atoms with Crippen molar-refractivity contribution in [3.63, 3.8) is 0 Å². The number of allylic oxidation sites excluding steroid dienone is 2. The van der Waals surface area contributed by atoms with Crippen molar-refractivity contribution in [2.75, 3.05) is 0 Å². The van der Waals surface area contributed by atoms with E-state index in [4.69, 9.17) is 4.74 Å². The summed E-state index contributed by atoms with van der Waals surface area (Å²) in [6.45, 7) is 3.87. The van der Waals surface area contributed by atoms with Gasteiger partial charge in [-0.2, -0.15) is 0 Å². The summed E-state index contributed by atoms with van der Waals surface area (Å²) in [6, 6.07) is 9.78. The maximum atomic E-state index is 11.2. The molecule has 0 unspecified atom stereocenters. The molecule has 76 valence electrons. The molecular weight excluding hydrogens is 188 g/mol. The molecule has 0 radical (unpaired) electrons. The maximum Gasteiger partial charge on any atom is 0.336 e. The molecule has 1 aromatic carbocycles. The Hall–Kier alpha value is -1.83. The number of esters is 1. The zero-order valence-corrected chi connectivity index (χ0v) is 8.78. The standard InChI is InChI=1S/C13H12O2/c1-9(2)13-11(8-12(14)15-13)10-6-4-3-5-7-10/h3-8H,1-2H3. The molecule has 0 fully saturated rings. The van der Waals surface area contributed by atoms with Crippen LogP contribution in [0.15, 0.2) is 47.7 Å². The summed E-state index contributed by atoms with van der Waals surface area (Å²) in [7, 11) is 0. The van der Waals surface area contributed by atoms with E-state index in [1.165, 1.54) is 6.08 Å². The van der Waals surface area contributed by atoms with Crippen molar-refractivity contribution in [1.29, 1.82) is 0 Å². The van der Waals surface area contributed by atoms with Crippen molar-refractivity contribution in [2.24, 2.45) is 0 Å². The lowest BCUT2D eigenvalue weighted by Crippen LogP contribution is -1.93. The summed E-state index contributed by atoms with van der Waals surface area (Å²) in [5.41, 5.74) is 2.90. The summed E-state index contributed by atoms with van der Waals surface area (Å²) in [4.78, 5) is 11.2. The Bertz CT molecular complexity index is 449. The molecule has 0 atom stereocenters. The second kappa shape index (κ2) is 3.73. The van der Waals surface area contributed by atoms with Crippen molar-refractivity contribution >= 4 is 11.5 Å². The number of rotatable bonds is 1. The number of ether oxygens (including phenoxy) is 1. The third kappa shape index (κ3) is 1.84. The molecule has 2 rings (SSSR count). The van der Waals surface area contributed by atoms with E-state index in [1.807, 2.05) is 44.2 Å². The molecule has 1 heterocycles. The molecular formula is C13H12O2. The van der Waals surface area contributed by atoms with Gasteiger partial charge in [0.1, 0.15) is 5.76 Å². The molecule has 0 saturated heterocycles. The lowest BCUT2D eigenvalue weighted by Gasteiger charge is -2.06. The minimum atomic E-state index is -0.287. The Morgan fingerprint density at radius 1 is 1.13 bits per heavy atom.